The molecule has 0 atom stereocenters. The minimum atomic E-state index is -0.446. The third-order valence-electron chi connectivity index (χ3n) is 4.64. The predicted molar refractivity (Wildman–Crippen MR) is 141 cm³/mol. The number of carbonyl (C=O) groups is 1. The number of amides is 1. The van der Waals surface area contributed by atoms with Gasteiger partial charge in [-0.15, -0.1) is 0 Å². The highest BCUT2D eigenvalue weighted by Gasteiger charge is 2.13. The van der Waals surface area contributed by atoms with Crippen LogP contribution in [0.3, 0.4) is 0 Å². The fourth-order valence-electron chi connectivity index (χ4n) is 2.90. The molecule has 0 aromatic heterocycles. The lowest BCUT2D eigenvalue weighted by Gasteiger charge is -2.12. The fraction of sp³-hybridized carbons (Fsp3) is 0.120. The van der Waals surface area contributed by atoms with Crippen molar-refractivity contribution in [3.63, 3.8) is 0 Å². The number of ether oxygens (including phenoxy) is 2. The molecule has 0 aliphatic carbocycles. The predicted octanol–water partition coefficient (Wildman–Crippen LogP) is 6.52. The minimum Gasteiger partial charge on any atom is -0.497 e. The molecule has 0 fully saturated rings. The molecule has 0 aliphatic rings. The molecule has 0 bridgehead atoms. The fourth-order valence-corrected chi connectivity index (χ4v) is 4.86. The molecule has 0 heterocycles. The number of rotatable bonds is 8. The van der Waals surface area contributed by atoms with Gasteiger partial charge in [0.1, 0.15) is 29.7 Å². The van der Waals surface area contributed by atoms with Gasteiger partial charge >= 0.3 is 0 Å². The highest BCUT2D eigenvalue weighted by Crippen LogP contribution is 2.33. The molecule has 0 unspecified atom stereocenters. The number of nitriles is 1. The van der Waals surface area contributed by atoms with Crippen molar-refractivity contribution in [2.45, 2.75) is 13.2 Å². The van der Waals surface area contributed by atoms with Crippen molar-refractivity contribution in [3.05, 3.63) is 96.0 Å². The first-order valence-electron chi connectivity index (χ1n) is 9.79. The van der Waals surface area contributed by atoms with E-state index in [1.807, 2.05) is 60.7 Å². The van der Waals surface area contributed by atoms with Gasteiger partial charge in [0, 0.05) is 17.1 Å². The maximum atomic E-state index is 12.5. The SMILES string of the molecule is COc1ccc(CNC(=O)/C(C#N)=C\c2cc(Br)c(OCc3ccccc3Cl)c(I)c2)cc1. The molecular weight excluding hydrogens is 619 g/mol. The highest BCUT2D eigenvalue weighted by molar-refractivity contribution is 14.1. The first-order chi connectivity index (χ1) is 15.9. The molecule has 3 rings (SSSR count). The zero-order chi connectivity index (χ0) is 23.8. The van der Waals surface area contributed by atoms with Crippen molar-refractivity contribution in [2.75, 3.05) is 7.11 Å². The molecular formula is C25H19BrClIN2O3. The molecule has 33 heavy (non-hydrogen) atoms. The van der Waals surface area contributed by atoms with Crippen molar-refractivity contribution >= 4 is 62.1 Å². The Morgan fingerprint density at radius 1 is 1.21 bits per heavy atom. The summed E-state index contributed by atoms with van der Waals surface area (Å²) in [5, 5.41) is 12.9. The summed E-state index contributed by atoms with van der Waals surface area (Å²) in [5.74, 6) is 0.954. The summed E-state index contributed by atoms with van der Waals surface area (Å²) in [5.41, 5.74) is 2.49. The number of hydrogen-bond donors (Lipinski definition) is 1. The maximum absolute atomic E-state index is 12.5. The second-order valence-corrected chi connectivity index (χ2v) is 9.32. The average Bonchev–Trinajstić information content (AvgIpc) is 2.81. The van der Waals surface area contributed by atoms with Crippen molar-refractivity contribution in [1.82, 2.24) is 5.32 Å². The van der Waals surface area contributed by atoms with Gasteiger partial charge in [-0.3, -0.25) is 4.79 Å². The Kier molecular flexibility index (Phi) is 9.18. The second-order valence-electron chi connectivity index (χ2n) is 6.89. The molecule has 3 aromatic carbocycles. The number of nitrogens with zero attached hydrogens (tertiary/aromatic N) is 1. The number of halogens is 3. The van der Waals surface area contributed by atoms with Crippen molar-refractivity contribution in [3.8, 4) is 17.6 Å². The van der Waals surface area contributed by atoms with Crippen molar-refractivity contribution in [2.24, 2.45) is 0 Å². The van der Waals surface area contributed by atoms with Crippen LogP contribution in [0.5, 0.6) is 11.5 Å². The lowest BCUT2D eigenvalue weighted by atomic mass is 10.1. The molecule has 0 saturated heterocycles. The summed E-state index contributed by atoms with van der Waals surface area (Å²) >= 11 is 11.9. The lowest BCUT2D eigenvalue weighted by molar-refractivity contribution is -0.117. The van der Waals surface area contributed by atoms with Gasteiger partial charge in [0.05, 0.1) is 15.2 Å². The Bertz CT molecular complexity index is 1200. The Morgan fingerprint density at radius 2 is 1.94 bits per heavy atom. The van der Waals surface area contributed by atoms with Crippen LogP contribution in [0.25, 0.3) is 6.08 Å². The van der Waals surface area contributed by atoms with Gasteiger partial charge in [0.25, 0.3) is 5.91 Å². The average molecular weight is 638 g/mol. The minimum absolute atomic E-state index is 0.0101. The molecule has 0 radical (unpaired) electrons. The van der Waals surface area contributed by atoms with E-state index in [1.54, 1.807) is 19.3 Å². The molecule has 5 nitrogen and oxygen atoms in total. The number of carbonyl (C=O) groups excluding carboxylic acids is 1. The number of hydrogen-bond acceptors (Lipinski definition) is 4. The standard InChI is InChI=1S/C25H19BrClIN2O3/c1-32-20-8-6-16(7-9-20)14-30-25(31)19(13-29)10-17-11-21(26)24(23(28)12-17)33-15-18-4-2-3-5-22(18)27/h2-12H,14-15H2,1H3,(H,30,31)/b19-10-. The second kappa shape index (κ2) is 12.1. The maximum Gasteiger partial charge on any atom is 0.262 e. The van der Waals surface area contributed by atoms with Gasteiger partial charge in [-0.2, -0.15) is 5.26 Å². The Balaban J connectivity index is 1.70. The van der Waals surface area contributed by atoms with E-state index in [4.69, 9.17) is 21.1 Å². The zero-order valence-electron chi connectivity index (χ0n) is 17.6. The van der Waals surface area contributed by atoms with E-state index >= 15 is 0 Å². The molecule has 0 saturated carbocycles. The van der Waals surface area contributed by atoms with Gasteiger partial charge in [-0.1, -0.05) is 41.9 Å². The lowest BCUT2D eigenvalue weighted by Crippen LogP contribution is -2.23. The summed E-state index contributed by atoms with van der Waals surface area (Å²) in [7, 11) is 1.60. The summed E-state index contributed by atoms with van der Waals surface area (Å²) in [6, 6.07) is 20.5. The molecule has 0 spiro atoms. The van der Waals surface area contributed by atoms with E-state index < -0.39 is 5.91 Å². The van der Waals surface area contributed by atoms with Gasteiger partial charge in [-0.05, 0) is 86.1 Å². The summed E-state index contributed by atoms with van der Waals surface area (Å²) in [6.45, 7) is 0.624. The van der Waals surface area contributed by atoms with Crippen molar-refractivity contribution in [1.29, 1.82) is 5.26 Å². The van der Waals surface area contributed by atoms with Crippen LogP contribution in [-0.4, -0.2) is 13.0 Å². The quantitative estimate of drug-likeness (QED) is 0.174. The topological polar surface area (TPSA) is 71.3 Å². The zero-order valence-corrected chi connectivity index (χ0v) is 22.1. The summed E-state index contributed by atoms with van der Waals surface area (Å²) < 4.78 is 12.6. The van der Waals surface area contributed by atoms with Crippen LogP contribution in [0, 0.1) is 14.9 Å². The van der Waals surface area contributed by atoms with E-state index in [1.165, 1.54) is 0 Å². The summed E-state index contributed by atoms with van der Waals surface area (Å²) in [4.78, 5) is 12.5. The van der Waals surface area contributed by atoms with Crippen LogP contribution >= 0.6 is 50.1 Å². The first kappa shape index (κ1) is 25.1. The molecule has 168 valence electrons. The molecule has 0 aliphatic heterocycles. The van der Waals surface area contributed by atoms with Gasteiger partial charge < -0.3 is 14.8 Å². The van der Waals surface area contributed by atoms with Crippen molar-refractivity contribution < 1.29 is 14.3 Å². The normalized spacial score (nSPS) is 10.9. The van der Waals surface area contributed by atoms with E-state index in [9.17, 15) is 10.1 Å². The number of nitrogens with one attached hydrogen (secondary N) is 1. The van der Waals surface area contributed by atoms with Crippen LogP contribution in [0.1, 0.15) is 16.7 Å². The summed E-state index contributed by atoms with van der Waals surface area (Å²) in [6.07, 6.45) is 1.55. The molecule has 1 N–H and O–H groups in total. The Labute approximate surface area is 219 Å². The van der Waals surface area contributed by atoms with Crippen LogP contribution in [0.2, 0.25) is 5.02 Å². The first-order valence-corrected chi connectivity index (χ1v) is 12.0. The van der Waals surface area contributed by atoms with E-state index in [0.29, 0.717) is 34.0 Å². The van der Waals surface area contributed by atoms with E-state index in [-0.39, 0.29) is 5.57 Å². The Morgan fingerprint density at radius 3 is 2.58 bits per heavy atom. The Hall–Kier alpha value is -2.54. The third-order valence-corrected chi connectivity index (χ3v) is 6.40. The van der Waals surface area contributed by atoms with Gasteiger partial charge in [0.15, 0.2) is 0 Å². The van der Waals surface area contributed by atoms with E-state index in [0.717, 1.165) is 20.4 Å². The molecule has 1 amide bonds. The van der Waals surface area contributed by atoms with Crippen LogP contribution in [-0.2, 0) is 17.9 Å². The highest BCUT2D eigenvalue weighted by atomic mass is 127. The van der Waals surface area contributed by atoms with Crippen LogP contribution in [0.4, 0.5) is 0 Å². The third kappa shape index (κ3) is 6.97. The van der Waals surface area contributed by atoms with Gasteiger partial charge in [-0.25, -0.2) is 0 Å². The number of methoxy groups -OCH3 is 1. The number of benzene rings is 3. The van der Waals surface area contributed by atoms with E-state index in [2.05, 4.69) is 43.8 Å². The smallest absolute Gasteiger partial charge is 0.262 e. The monoisotopic (exact) mass is 636 g/mol. The molecule has 3 aromatic rings. The van der Waals surface area contributed by atoms with Gasteiger partial charge in [0.2, 0.25) is 0 Å². The van der Waals surface area contributed by atoms with Crippen LogP contribution < -0.4 is 14.8 Å². The van der Waals surface area contributed by atoms with Crippen LogP contribution in [0.15, 0.2) is 70.7 Å². The molecule has 8 heteroatoms. The largest absolute Gasteiger partial charge is 0.497 e.